The number of nitrogens with two attached hydrogens (primary N) is 1. The molecule has 1 spiro atoms. The lowest BCUT2D eigenvalue weighted by Gasteiger charge is -2.36. The zero-order chi connectivity index (χ0) is 7.03. The summed E-state index contributed by atoms with van der Waals surface area (Å²) in [5.74, 6) is 0. The molecule has 10 heavy (non-hydrogen) atoms. The first-order chi connectivity index (χ1) is 4.85. The van der Waals surface area contributed by atoms with Gasteiger partial charge in [-0.15, -0.1) is 0 Å². The van der Waals surface area contributed by atoms with Crippen molar-refractivity contribution < 1.29 is 4.74 Å². The quantitative estimate of drug-likeness (QED) is 0.589. The van der Waals surface area contributed by atoms with Crippen molar-refractivity contribution in [2.45, 2.75) is 31.8 Å². The molecule has 2 nitrogen and oxygen atoms in total. The van der Waals surface area contributed by atoms with Gasteiger partial charge in [-0.25, -0.2) is 0 Å². The van der Waals surface area contributed by atoms with Gasteiger partial charge in [0.1, 0.15) is 0 Å². The maximum Gasteiger partial charge on any atom is 0.0703 e. The molecule has 1 heterocycles. The summed E-state index contributed by atoms with van der Waals surface area (Å²) in [6.07, 6.45) is 5.76. The fraction of sp³-hybridized carbons (Fsp3) is 1.00. The van der Waals surface area contributed by atoms with Crippen LogP contribution in [0.1, 0.15) is 25.7 Å². The van der Waals surface area contributed by atoms with Crippen LogP contribution in [0.2, 0.25) is 0 Å². The van der Waals surface area contributed by atoms with E-state index in [0.29, 0.717) is 18.1 Å². The summed E-state index contributed by atoms with van der Waals surface area (Å²) in [4.78, 5) is 0. The van der Waals surface area contributed by atoms with Crippen molar-refractivity contribution in [1.29, 1.82) is 0 Å². The number of hydrogen-bond donors (Lipinski definition) is 1. The molecule has 2 heteroatoms. The highest BCUT2D eigenvalue weighted by atomic mass is 16.5. The van der Waals surface area contributed by atoms with Gasteiger partial charge in [-0.2, -0.15) is 0 Å². The summed E-state index contributed by atoms with van der Waals surface area (Å²) >= 11 is 0. The van der Waals surface area contributed by atoms with Gasteiger partial charge < -0.3 is 10.5 Å². The molecule has 0 unspecified atom stereocenters. The van der Waals surface area contributed by atoms with E-state index in [1.54, 1.807) is 0 Å². The van der Waals surface area contributed by atoms with Gasteiger partial charge in [0.05, 0.1) is 12.7 Å². The summed E-state index contributed by atoms with van der Waals surface area (Å²) in [6.45, 7) is 1.69. The smallest absolute Gasteiger partial charge is 0.0703 e. The molecule has 2 aliphatic rings. The third-order valence-corrected chi connectivity index (χ3v) is 2.96. The molecule has 2 N–H and O–H groups in total. The van der Waals surface area contributed by atoms with Crippen LogP contribution in [-0.4, -0.2) is 19.3 Å². The molecule has 0 bridgehead atoms. The van der Waals surface area contributed by atoms with Crippen molar-refractivity contribution in [1.82, 2.24) is 0 Å². The van der Waals surface area contributed by atoms with Crippen molar-refractivity contribution in [3.05, 3.63) is 0 Å². The third kappa shape index (κ3) is 0.867. The van der Waals surface area contributed by atoms with Crippen molar-refractivity contribution in [2.24, 2.45) is 11.1 Å². The largest absolute Gasteiger partial charge is 0.376 e. The maximum absolute atomic E-state index is 5.53. The molecule has 2 fully saturated rings. The molecule has 0 radical (unpaired) electrons. The molecule has 0 aromatic carbocycles. The van der Waals surface area contributed by atoms with Gasteiger partial charge in [-0.1, -0.05) is 6.42 Å². The van der Waals surface area contributed by atoms with E-state index in [4.69, 9.17) is 10.5 Å². The fourth-order valence-corrected chi connectivity index (χ4v) is 2.07. The van der Waals surface area contributed by atoms with E-state index >= 15 is 0 Å². The second-order valence-electron chi connectivity index (χ2n) is 3.73. The van der Waals surface area contributed by atoms with E-state index < -0.39 is 0 Å². The lowest BCUT2D eigenvalue weighted by Crippen LogP contribution is -2.30. The van der Waals surface area contributed by atoms with Crippen LogP contribution in [0.5, 0.6) is 0 Å². The molecule has 1 atom stereocenters. The van der Waals surface area contributed by atoms with Crippen molar-refractivity contribution in [3.63, 3.8) is 0 Å². The minimum absolute atomic E-state index is 0.375. The normalized spacial score (nSPS) is 36.3. The highest BCUT2D eigenvalue weighted by molar-refractivity contribution is 4.94. The van der Waals surface area contributed by atoms with Gasteiger partial charge in [0.25, 0.3) is 0 Å². The first-order valence-corrected chi connectivity index (χ1v) is 4.16. The zero-order valence-corrected chi connectivity index (χ0v) is 6.31. The van der Waals surface area contributed by atoms with E-state index in [-0.39, 0.29) is 0 Å². The molecular formula is C8H15NO. The minimum atomic E-state index is 0.375. The van der Waals surface area contributed by atoms with Gasteiger partial charge in [0.2, 0.25) is 0 Å². The maximum atomic E-state index is 5.53. The summed E-state index contributed by atoms with van der Waals surface area (Å²) in [5, 5.41) is 0. The topological polar surface area (TPSA) is 35.2 Å². The van der Waals surface area contributed by atoms with Crippen LogP contribution >= 0.6 is 0 Å². The molecule has 58 valence electrons. The first-order valence-electron chi connectivity index (χ1n) is 4.16. The molecule has 2 rings (SSSR count). The highest BCUT2D eigenvalue weighted by Gasteiger charge is 2.43. The lowest BCUT2D eigenvalue weighted by atomic mass is 9.68. The van der Waals surface area contributed by atoms with E-state index in [1.807, 2.05) is 0 Å². The monoisotopic (exact) mass is 141 g/mol. The zero-order valence-electron chi connectivity index (χ0n) is 6.31. The van der Waals surface area contributed by atoms with Crippen LogP contribution in [0.3, 0.4) is 0 Å². The Balaban J connectivity index is 1.92. The Kier molecular flexibility index (Phi) is 1.46. The predicted molar refractivity (Wildman–Crippen MR) is 39.7 cm³/mol. The standard InChI is InChI=1S/C8H15NO/c9-5-7-4-8(6-10-7)2-1-3-8/h7H,1-6,9H2/t7-/m0/s1. The Hall–Kier alpha value is -0.0800. The molecule has 1 aliphatic carbocycles. The fourth-order valence-electron chi connectivity index (χ4n) is 2.07. The molecular weight excluding hydrogens is 126 g/mol. The molecule has 1 saturated heterocycles. The van der Waals surface area contributed by atoms with Crippen molar-refractivity contribution in [3.8, 4) is 0 Å². The van der Waals surface area contributed by atoms with E-state index in [9.17, 15) is 0 Å². The Labute approximate surface area is 61.7 Å². The highest BCUT2D eigenvalue weighted by Crippen LogP contribution is 2.48. The second-order valence-corrected chi connectivity index (χ2v) is 3.73. The van der Waals surface area contributed by atoms with Crippen LogP contribution < -0.4 is 5.73 Å². The van der Waals surface area contributed by atoms with Crippen LogP contribution in [0, 0.1) is 5.41 Å². The summed E-state index contributed by atoms with van der Waals surface area (Å²) in [7, 11) is 0. The van der Waals surface area contributed by atoms with Gasteiger partial charge >= 0.3 is 0 Å². The van der Waals surface area contributed by atoms with Gasteiger partial charge in [-0.05, 0) is 24.7 Å². The molecule has 1 saturated carbocycles. The van der Waals surface area contributed by atoms with Crippen LogP contribution in [0.25, 0.3) is 0 Å². The lowest BCUT2D eigenvalue weighted by molar-refractivity contribution is 0.0715. The van der Waals surface area contributed by atoms with E-state index in [2.05, 4.69) is 0 Å². The van der Waals surface area contributed by atoms with Gasteiger partial charge in [-0.3, -0.25) is 0 Å². The summed E-state index contributed by atoms with van der Waals surface area (Å²) < 4.78 is 5.53. The average molecular weight is 141 g/mol. The number of hydrogen-bond acceptors (Lipinski definition) is 2. The van der Waals surface area contributed by atoms with Gasteiger partial charge in [0.15, 0.2) is 0 Å². The summed E-state index contributed by atoms with van der Waals surface area (Å²) in [5.41, 5.74) is 6.10. The van der Waals surface area contributed by atoms with Crippen LogP contribution in [0.15, 0.2) is 0 Å². The van der Waals surface area contributed by atoms with E-state index in [0.717, 1.165) is 6.61 Å². The third-order valence-electron chi connectivity index (χ3n) is 2.96. The second kappa shape index (κ2) is 2.21. The van der Waals surface area contributed by atoms with Crippen LogP contribution in [-0.2, 0) is 4.74 Å². The Morgan fingerprint density at radius 1 is 1.50 bits per heavy atom. The molecule has 0 aromatic rings. The van der Waals surface area contributed by atoms with Gasteiger partial charge in [0, 0.05) is 6.54 Å². The number of ether oxygens (including phenoxy) is 1. The Morgan fingerprint density at radius 2 is 2.30 bits per heavy atom. The number of rotatable bonds is 1. The predicted octanol–water partition coefficient (Wildman–Crippen LogP) is 0.904. The molecule has 0 aromatic heterocycles. The molecule has 0 amide bonds. The van der Waals surface area contributed by atoms with Crippen molar-refractivity contribution >= 4 is 0 Å². The SMILES string of the molecule is NC[C@@H]1CC2(CCC2)CO1. The van der Waals surface area contributed by atoms with Crippen LogP contribution in [0.4, 0.5) is 0 Å². The average Bonchev–Trinajstić information content (AvgIpc) is 2.29. The Morgan fingerprint density at radius 3 is 2.60 bits per heavy atom. The minimum Gasteiger partial charge on any atom is -0.376 e. The van der Waals surface area contributed by atoms with E-state index in [1.165, 1.54) is 25.7 Å². The molecule has 1 aliphatic heterocycles. The Bertz CT molecular complexity index is 131. The first kappa shape index (κ1) is 6.62. The van der Waals surface area contributed by atoms with Crippen molar-refractivity contribution in [2.75, 3.05) is 13.2 Å². The summed E-state index contributed by atoms with van der Waals surface area (Å²) in [6, 6.07) is 0.